The molecule has 0 atom stereocenters. The number of rotatable bonds is 10. The monoisotopic (exact) mass is 475 g/mol. The van der Waals surface area contributed by atoms with Crippen LogP contribution in [0, 0.1) is 16.5 Å². The minimum atomic E-state index is -0.591. The molecule has 1 amide bonds. The second-order valence-electron chi connectivity index (χ2n) is 7.91. The van der Waals surface area contributed by atoms with E-state index in [-0.39, 0.29) is 41.6 Å². The predicted octanol–water partition coefficient (Wildman–Crippen LogP) is 5.26. The number of benzene rings is 2. The van der Waals surface area contributed by atoms with E-state index in [1.54, 1.807) is 35.4 Å². The number of carbonyl (C=O) groups excluding carboxylic acids is 1. The molecule has 2 aromatic heterocycles. The van der Waals surface area contributed by atoms with E-state index in [1.807, 2.05) is 18.2 Å². The van der Waals surface area contributed by atoms with Gasteiger partial charge in [-0.25, -0.2) is 8.78 Å². The molecular weight excluding hydrogens is 452 g/mol. The Labute approximate surface area is 200 Å². The standard InChI is InChI=1S/C26H23F2N5O2/c27-19-10-8-18(9-11-19)23-17-24(32-31-23)25-21(6-3-7-22(25)28)26(34)33(15-4-14-30-35)16-12-20-5-1-2-13-29-20/h1-3,5-11,13,17H,4,12,14-16H2,(H,31,32). The normalized spacial score (nSPS) is 10.8. The van der Waals surface area contributed by atoms with Gasteiger partial charge in [-0.15, -0.1) is 0 Å². The van der Waals surface area contributed by atoms with Gasteiger partial charge in [-0.05, 0) is 66.6 Å². The Morgan fingerprint density at radius 2 is 1.83 bits per heavy atom. The quantitative estimate of drug-likeness (QED) is 0.250. The molecule has 0 aliphatic carbocycles. The summed E-state index contributed by atoms with van der Waals surface area (Å²) in [6.45, 7) is 0.699. The Hall–Kier alpha value is -4.27. The number of hydrogen-bond acceptors (Lipinski definition) is 5. The predicted molar refractivity (Wildman–Crippen MR) is 128 cm³/mol. The number of nitrogens with one attached hydrogen (secondary N) is 1. The van der Waals surface area contributed by atoms with E-state index in [0.717, 1.165) is 5.69 Å². The van der Waals surface area contributed by atoms with E-state index in [4.69, 9.17) is 0 Å². The third-order valence-corrected chi connectivity index (χ3v) is 5.56. The largest absolute Gasteiger partial charge is 0.338 e. The molecule has 9 heteroatoms. The lowest BCUT2D eigenvalue weighted by atomic mass is 10.0. The van der Waals surface area contributed by atoms with Crippen molar-refractivity contribution in [2.24, 2.45) is 5.18 Å². The van der Waals surface area contributed by atoms with Crippen LogP contribution in [0.1, 0.15) is 22.5 Å². The van der Waals surface area contributed by atoms with Crippen molar-refractivity contribution in [1.82, 2.24) is 20.1 Å². The fraction of sp³-hybridized carbons (Fsp3) is 0.192. The summed E-state index contributed by atoms with van der Waals surface area (Å²) in [6, 6.07) is 17.3. The fourth-order valence-electron chi connectivity index (χ4n) is 3.80. The van der Waals surface area contributed by atoms with Crippen molar-refractivity contribution in [1.29, 1.82) is 0 Å². The molecule has 0 aliphatic rings. The van der Waals surface area contributed by atoms with Crippen LogP contribution in [0.25, 0.3) is 22.5 Å². The molecule has 35 heavy (non-hydrogen) atoms. The summed E-state index contributed by atoms with van der Waals surface area (Å²) >= 11 is 0. The highest BCUT2D eigenvalue weighted by Crippen LogP contribution is 2.30. The van der Waals surface area contributed by atoms with Gasteiger partial charge in [0.05, 0.1) is 29.1 Å². The first-order valence-electron chi connectivity index (χ1n) is 11.2. The number of amides is 1. The van der Waals surface area contributed by atoms with Crippen LogP contribution in [0.2, 0.25) is 0 Å². The highest BCUT2D eigenvalue weighted by atomic mass is 19.1. The maximum atomic E-state index is 15.0. The minimum Gasteiger partial charge on any atom is -0.338 e. The molecule has 1 N–H and O–H groups in total. The van der Waals surface area contributed by atoms with Gasteiger partial charge >= 0.3 is 0 Å². The number of H-pyrrole nitrogens is 1. The number of aromatic nitrogens is 3. The summed E-state index contributed by atoms with van der Waals surface area (Å²) in [5.41, 5.74) is 2.53. The molecule has 2 aromatic carbocycles. The van der Waals surface area contributed by atoms with Crippen molar-refractivity contribution < 1.29 is 13.6 Å². The molecule has 178 valence electrons. The topological polar surface area (TPSA) is 91.3 Å². The van der Waals surface area contributed by atoms with E-state index in [2.05, 4.69) is 20.4 Å². The lowest BCUT2D eigenvalue weighted by Crippen LogP contribution is -2.34. The van der Waals surface area contributed by atoms with Crippen molar-refractivity contribution >= 4 is 5.91 Å². The molecular formula is C26H23F2N5O2. The van der Waals surface area contributed by atoms with Crippen LogP contribution in [-0.4, -0.2) is 45.6 Å². The van der Waals surface area contributed by atoms with Crippen LogP contribution < -0.4 is 0 Å². The first kappa shape index (κ1) is 23.9. The molecule has 0 radical (unpaired) electrons. The molecule has 7 nitrogen and oxygen atoms in total. The first-order valence-corrected chi connectivity index (χ1v) is 11.2. The number of carbonyl (C=O) groups is 1. The number of hydrogen-bond donors (Lipinski definition) is 1. The molecule has 0 bridgehead atoms. The molecule has 2 heterocycles. The molecule has 0 spiro atoms. The number of nitroso groups, excluding NO2 is 1. The van der Waals surface area contributed by atoms with Gasteiger partial charge in [0.1, 0.15) is 11.6 Å². The summed E-state index contributed by atoms with van der Waals surface area (Å²) in [5, 5.41) is 9.93. The van der Waals surface area contributed by atoms with E-state index in [0.29, 0.717) is 30.6 Å². The molecule has 4 aromatic rings. The molecule has 0 fully saturated rings. The van der Waals surface area contributed by atoms with Crippen LogP contribution in [0.3, 0.4) is 0 Å². The van der Waals surface area contributed by atoms with Gasteiger partial charge in [-0.1, -0.05) is 17.3 Å². The van der Waals surface area contributed by atoms with Crippen LogP contribution in [-0.2, 0) is 6.42 Å². The summed E-state index contributed by atoms with van der Waals surface area (Å²) in [4.78, 5) is 30.0. The lowest BCUT2D eigenvalue weighted by molar-refractivity contribution is 0.0756. The smallest absolute Gasteiger partial charge is 0.254 e. The van der Waals surface area contributed by atoms with Gasteiger partial charge in [-0.3, -0.25) is 14.9 Å². The van der Waals surface area contributed by atoms with Gasteiger partial charge in [0, 0.05) is 31.4 Å². The minimum absolute atomic E-state index is 0.0680. The summed E-state index contributed by atoms with van der Waals surface area (Å²) < 4.78 is 28.3. The average molecular weight is 475 g/mol. The van der Waals surface area contributed by atoms with Gasteiger partial charge in [0.2, 0.25) is 0 Å². The van der Waals surface area contributed by atoms with E-state index < -0.39 is 5.82 Å². The highest BCUT2D eigenvalue weighted by Gasteiger charge is 2.23. The van der Waals surface area contributed by atoms with Gasteiger partial charge in [0.15, 0.2) is 0 Å². The summed E-state index contributed by atoms with van der Waals surface area (Å²) in [7, 11) is 0. The Kier molecular flexibility index (Phi) is 7.67. The Morgan fingerprint density at radius 3 is 2.57 bits per heavy atom. The molecule has 4 rings (SSSR count). The van der Waals surface area contributed by atoms with E-state index in [9.17, 15) is 14.1 Å². The average Bonchev–Trinajstić information content (AvgIpc) is 3.36. The highest BCUT2D eigenvalue weighted by molar-refractivity contribution is 6.00. The third-order valence-electron chi connectivity index (χ3n) is 5.56. The second-order valence-corrected chi connectivity index (χ2v) is 7.91. The number of pyridine rings is 1. The van der Waals surface area contributed by atoms with Crippen molar-refractivity contribution in [3.05, 3.63) is 101 Å². The second kappa shape index (κ2) is 11.2. The number of halogens is 2. The van der Waals surface area contributed by atoms with E-state index >= 15 is 4.39 Å². The number of aromatic amines is 1. The fourth-order valence-corrected chi connectivity index (χ4v) is 3.80. The summed E-state index contributed by atoms with van der Waals surface area (Å²) in [5.74, 6) is -1.34. The lowest BCUT2D eigenvalue weighted by Gasteiger charge is -2.23. The summed E-state index contributed by atoms with van der Waals surface area (Å²) in [6.07, 6.45) is 2.57. The van der Waals surface area contributed by atoms with Crippen LogP contribution >= 0.6 is 0 Å². The molecule has 0 saturated carbocycles. The van der Waals surface area contributed by atoms with Crippen molar-refractivity contribution in [2.75, 3.05) is 19.6 Å². The zero-order valence-electron chi connectivity index (χ0n) is 18.8. The van der Waals surface area contributed by atoms with Crippen molar-refractivity contribution in [3.8, 4) is 22.5 Å². The third kappa shape index (κ3) is 5.81. The Morgan fingerprint density at radius 1 is 1.00 bits per heavy atom. The maximum absolute atomic E-state index is 15.0. The van der Waals surface area contributed by atoms with Crippen molar-refractivity contribution in [2.45, 2.75) is 12.8 Å². The zero-order chi connectivity index (χ0) is 24.6. The Balaban J connectivity index is 1.63. The maximum Gasteiger partial charge on any atom is 0.254 e. The first-order chi connectivity index (χ1) is 17.1. The number of nitrogens with zero attached hydrogens (tertiary/aromatic N) is 4. The van der Waals surface area contributed by atoms with Gasteiger partial charge in [0.25, 0.3) is 5.91 Å². The van der Waals surface area contributed by atoms with E-state index in [1.165, 1.54) is 24.3 Å². The van der Waals surface area contributed by atoms with Crippen LogP contribution in [0.4, 0.5) is 8.78 Å². The van der Waals surface area contributed by atoms with Crippen LogP contribution in [0.15, 0.2) is 78.1 Å². The van der Waals surface area contributed by atoms with Gasteiger partial charge in [-0.2, -0.15) is 10.0 Å². The van der Waals surface area contributed by atoms with Crippen LogP contribution in [0.5, 0.6) is 0 Å². The Bertz CT molecular complexity index is 1290. The molecule has 0 aliphatic heterocycles. The van der Waals surface area contributed by atoms with Gasteiger partial charge < -0.3 is 4.90 Å². The molecule has 0 saturated heterocycles. The zero-order valence-corrected chi connectivity index (χ0v) is 18.8. The van der Waals surface area contributed by atoms with Crippen molar-refractivity contribution in [3.63, 3.8) is 0 Å². The SMILES string of the molecule is O=NCCCN(CCc1ccccn1)C(=O)c1cccc(F)c1-c1cc(-c2ccc(F)cc2)[nH]n1. The molecule has 0 unspecified atom stereocenters.